The van der Waals surface area contributed by atoms with Crippen molar-refractivity contribution in [3.63, 3.8) is 0 Å². The van der Waals surface area contributed by atoms with Crippen LogP contribution in [-0.2, 0) is 9.59 Å². The van der Waals surface area contributed by atoms with Crippen LogP contribution < -0.4 is 0 Å². The summed E-state index contributed by atoms with van der Waals surface area (Å²) in [7, 11) is 0. The van der Waals surface area contributed by atoms with E-state index >= 15 is 0 Å². The highest BCUT2D eigenvalue weighted by Crippen LogP contribution is 2.28. The standard InChI is InChI=1S/C15H26N2O3/c1-10(2)14(19)17-5-4-13(17)6-11(3)15(20)16-7-12(8-16)9-18/h10-13,18H,4-9H2,1-3H3. The third kappa shape index (κ3) is 2.97. The van der Waals surface area contributed by atoms with Crippen molar-refractivity contribution >= 4 is 11.8 Å². The zero-order chi connectivity index (χ0) is 14.9. The second-order valence-electron chi connectivity index (χ2n) is 6.56. The van der Waals surface area contributed by atoms with Crippen LogP contribution in [0.3, 0.4) is 0 Å². The van der Waals surface area contributed by atoms with E-state index in [1.165, 1.54) is 0 Å². The Hall–Kier alpha value is -1.10. The normalized spacial score (nSPS) is 24.4. The number of carbonyl (C=O) groups is 2. The predicted octanol–water partition coefficient (Wildman–Crippen LogP) is 0.720. The molecule has 0 saturated carbocycles. The number of hydrogen-bond acceptors (Lipinski definition) is 3. The van der Waals surface area contributed by atoms with Gasteiger partial charge in [0.15, 0.2) is 0 Å². The van der Waals surface area contributed by atoms with Gasteiger partial charge in [-0.3, -0.25) is 9.59 Å². The topological polar surface area (TPSA) is 60.9 Å². The first-order valence-corrected chi connectivity index (χ1v) is 7.64. The lowest BCUT2D eigenvalue weighted by Gasteiger charge is -2.44. The van der Waals surface area contributed by atoms with Crippen molar-refractivity contribution in [1.82, 2.24) is 9.80 Å². The summed E-state index contributed by atoms with van der Waals surface area (Å²) in [6, 6.07) is 0.235. The van der Waals surface area contributed by atoms with Gasteiger partial charge in [-0.05, 0) is 12.8 Å². The van der Waals surface area contributed by atoms with Gasteiger partial charge in [-0.1, -0.05) is 20.8 Å². The van der Waals surface area contributed by atoms with E-state index in [4.69, 9.17) is 5.11 Å². The van der Waals surface area contributed by atoms with E-state index in [-0.39, 0.29) is 42.2 Å². The first-order valence-electron chi connectivity index (χ1n) is 7.64. The summed E-state index contributed by atoms with van der Waals surface area (Å²) in [5.41, 5.74) is 0. The van der Waals surface area contributed by atoms with E-state index in [0.717, 1.165) is 19.4 Å². The van der Waals surface area contributed by atoms with Crippen molar-refractivity contribution in [3.8, 4) is 0 Å². The molecule has 5 heteroatoms. The summed E-state index contributed by atoms with van der Waals surface area (Å²) >= 11 is 0. The molecule has 5 nitrogen and oxygen atoms in total. The molecule has 2 rings (SSSR count). The van der Waals surface area contributed by atoms with Crippen molar-refractivity contribution in [2.75, 3.05) is 26.2 Å². The summed E-state index contributed by atoms with van der Waals surface area (Å²) in [4.78, 5) is 27.9. The van der Waals surface area contributed by atoms with Crippen molar-refractivity contribution in [2.45, 2.75) is 39.7 Å². The first-order chi connectivity index (χ1) is 9.43. The predicted molar refractivity (Wildman–Crippen MR) is 75.9 cm³/mol. The fraction of sp³-hybridized carbons (Fsp3) is 0.867. The molecule has 1 N–H and O–H groups in total. The van der Waals surface area contributed by atoms with Gasteiger partial charge in [-0.2, -0.15) is 0 Å². The molecule has 2 amide bonds. The van der Waals surface area contributed by atoms with Gasteiger partial charge in [0, 0.05) is 50.0 Å². The third-order valence-corrected chi connectivity index (χ3v) is 4.50. The summed E-state index contributed by atoms with van der Waals surface area (Å²) in [5, 5.41) is 8.98. The number of carbonyl (C=O) groups excluding carboxylic acids is 2. The fourth-order valence-electron chi connectivity index (χ4n) is 2.99. The van der Waals surface area contributed by atoms with Crippen LogP contribution in [-0.4, -0.2) is 59.0 Å². The number of nitrogens with zero attached hydrogens (tertiary/aromatic N) is 2. The lowest BCUT2D eigenvalue weighted by atomic mass is 9.89. The van der Waals surface area contributed by atoms with E-state index in [9.17, 15) is 9.59 Å². The summed E-state index contributed by atoms with van der Waals surface area (Å²) < 4.78 is 0. The Balaban J connectivity index is 1.78. The molecule has 0 aromatic rings. The van der Waals surface area contributed by atoms with Crippen molar-refractivity contribution in [1.29, 1.82) is 0 Å². The van der Waals surface area contributed by atoms with Crippen LogP contribution in [0.1, 0.15) is 33.6 Å². The smallest absolute Gasteiger partial charge is 0.225 e. The highest BCUT2D eigenvalue weighted by Gasteiger charge is 2.38. The maximum atomic E-state index is 12.2. The lowest BCUT2D eigenvalue weighted by molar-refractivity contribution is -0.148. The number of hydrogen-bond donors (Lipinski definition) is 1. The van der Waals surface area contributed by atoms with Gasteiger partial charge in [0.2, 0.25) is 11.8 Å². The van der Waals surface area contributed by atoms with Crippen LogP contribution in [0.25, 0.3) is 0 Å². The van der Waals surface area contributed by atoms with Crippen LogP contribution >= 0.6 is 0 Å². The molecule has 114 valence electrons. The Bertz CT molecular complexity index is 377. The fourth-order valence-corrected chi connectivity index (χ4v) is 2.99. The molecule has 0 aliphatic carbocycles. The zero-order valence-corrected chi connectivity index (χ0v) is 12.7. The summed E-state index contributed by atoms with van der Waals surface area (Å²) in [5.74, 6) is 0.615. The van der Waals surface area contributed by atoms with Gasteiger partial charge in [0.1, 0.15) is 0 Å². The molecule has 0 spiro atoms. The molecule has 0 aromatic carbocycles. The van der Waals surface area contributed by atoms with E-state index in [1.807, 2.05) is 30.6 Å². The van der Waals surface area contributed by atoms with Crippen molar-refractivity contribution in [3.05, 3.63) is 0 Å². The van der Waals surface area contributed by atoms with E-state index in [1.54, 1.807) is 0 Å². The maximum absolute atomic E-state index is 12.2. The second kappa shape index (κ2) is 6.12. The number of aliphatic hydroxyl groups is 1. The van der Waals surface area contributed by atoms with E-state index in [2.05, 4.69) is 0 Å². The SMILES string of the molecule is CC(C)C(=O)N1CCC1CC(C)C(=O)N1CC(CO)C1. The molecule has 2 heterocycles. The second-order valence-corrected chi connectivity index (χ2v) is 6.56. The molecule has 2 atom stereocenters. The van der Waals surface area contributed by atoms with E-state index in [0.29, 0.717) is 13.1 Å². The monoisotopic (exact) mass is 282 g/mol. The lowest BCUT2D eigenvalue weighted by Crippen LogP contribution is -2.56. The zero-order valence-electron chi connectivity index (χ0n) is 12.7. The Morgan fingerprint density at radius 3 is 2.30 bits per heavy atom. The molecular formula is C15H26N2O3. The van der Waals surface area contributed by atoms with Gasteiger partial charge in [0.25, 0.3) is 0 Å². The number of aliphatic hydroxyl groups excluding tert-OH is 1. The minimum atomic E-state index is -0.0394. The third-order valence-electron chi connectivity index (χ3n) is 4.50. The van der Waals surface area contributed by atoms with E-state index < -0.39 is 0 Å². The Morgan fingerprint density at radius 1 is 1.20 bits per heavy atom. The molecule has 20 heavy (non-hydrogen) atoms. The van der Waals surface area contributed by atoms with Crippen molar-refractivity contribution < 1.29 is 14.7 Å². The molecular weight excluding hydrogens is 256 g/mol. The highest BCUT2D eigenvalue weighted by molar-refractivity contribution is 5.80. The molecule has 0 bridgehead atoms. The Morgan fingerprint density at radius 2 is 1.85 bits per heavy atom. The number of likely N-dealkylation sites (tertiary alicyclic amines) is 2. The summed E-state index contributed by atoms with van der Waals surface area (Å²) in [6.45, 7) is 8.14. The molecule has 2 fully saturated rings. The minimum absolute atomic E-state index is 0.0319. The number of rotatable bonds is 5. The maximum Gasteiger partial charge on any atom is 0.225 e. The van der Waals surface area contributed by atoms with Crippen LogP contribution in [0.4, 0.5) is 0 Å². The van der Waals surface area contributed by atoms with Crippen LogP contribution in [0, 0.1) is 17.8 Å². The Labute approximate surface area is 120 Å². The molecule has 2 aliphatic heterocycles. The first kappa shape index (κ1) is 15.3. The highest BCUT2D eigenvalue weighted by atomic mass is 16.3. The summed E-state index contributed by atoms with van der Waals surface area (Å²) in [6.07, 6.45) is 1.77. The van der Waals surface area contributed by atoms with Gasteiger partial charge < -0.3 is 14.9 Å². The van der Waals surface area contributed by atoms with Crippen molar-refractivity contribution in [2.24, 2.45) is 17.8 Å². The number of amides is 2. The molecule has 0 radical (unpaired) electrons. The van der Waals surface area contributed by atoms with Crippen LogP contribution in [0.5, 0.6) is 0 Å². The van der Waals surface area contributed by atoms with Gasteiger partial charge in [-0.25, -0.2) is 0 Å². The quantitative estimate of drug-likeness (QED) is 0.808. The van der Waals surface area contributed by atoms with Crippen LogP contribution in [0.15, 0.2) is 0 Å². The molecule has 2 saturated heterocycles. The van der Waals surface area contributed by atoms with Gasteiger partial charge in [0.05, 0.1) is 0 Å². The minimum Gasteiger partial charge on any atom is -0.396 e. The Kier molecular flexibility index (Phi) is 4.68. The van der Waals surface area contributed by atoms with Gasteiger partial charge >= 0.3 is 0 Å². The average molecular weight is 282 g/mol. The largest absolute Gasteiger partial charge is 0.396 e. The molecule has 2 unspecified atom stereocenters. The molecule has 2 aliphatic rings. The van der Waals surface area contributed by atoms with Gasteiger partial charge in [-0.15, -0.1) is 0 Å². The average Bonchev–Trinajstić information content (AvgIpc) is 2.32. The van der Waals surface area contributed by atoms with Crippen LogP contribution in [0.2, 0.25) is 0 Å². The molecule has 0 aromatic heterocycles.